The largest absolute Gasteiger partial charge is 0.312 e. The molecule has 1 aromatic heterocycles. The predicted molar refractivity (Wildman–Crippen MR) is 112 cm³/mol. The number of benzene rings is 2. The Morgan fingerprint density at radius 3 is 2.34 bits per heavy atom. The molecule has 0 spiro atoms. The zero-order chi connectivity index (χ0) is 20.6. The highest BCUT2D eigenvalue weighted by Crippen LogP contribution is 2.43. The van der Waals surface area contributed by atoms with Crippen LogP contribution < -0.4 is 5.32 Å². The lowest BCUT2D eigenvalue weighted by molar-refractivity contribution is 0.102. The Balaban J connectivity index is 1.78. The Hall–Kier alpha value is -2.51. The number of nitrogens with one attached hydrogen (secondary N) is 1. The fourth-order valence-corrected chi connectivity index (χ4v) is 6.79. The van der Waals surface area contributed by atoms with Crippen LogP contribution in [0, 0.1) is 12.7 Å². The summed E-state index contributed by atoms with van der Waals surface area (Å²) in [6, 6.07) is 11.9. The first-order valence-electron chi connectivity index (χ1n) is 9.39. The Morgan fingerprint density at radius 2 is 1.66 bits per heavy atom. The molecule has 0 fully saturated rings. The Bertz CT molecular complexity index is 1160. The van der Waals surface area contributed by atoms with Crippen LogP contribution in [0.15, 0.2) is 58.3 Å². The van der Waals surface area contributed by atoms with Crippen molar-refractivity contribution in [1.29, 1.82) is 0 Å². The highest BCUT2D eigenvalue weighted by atomic mass is 32.2. The van der Waals surface area contributed by atoms with Crippen molar-refractivity contribution in [1.82, 2.24) is 0 Å². The third kappa shape index (κ3) is 3.84. The standard InChI is InChI=1S/C22H20FNO3S2/c1-14-6-12-17(13-7-14)29(26,27)20-18-4-2-3-5-19(18)28-22(20)24-21(25)15-8-10-16(23)11-9-15/h6-13H,2-5H2,1H3,(H,24,25). The average Bonchev–Trinajstić information content (AvgIpc) is 3.07. The van der Waals surface area contributed by atoms with E-state index >= 15 is 0 Å². The van der Waals surface area contributed by atoms with E-state index in [9.17, 15) is 17.6 Å². The van der Waals surface area contributed by atoms with E-state index in [1.807, 2.05) is 6.92 Å². The van der Waals surface area contributed by atoms with Crippen molar-refractivity contribution in [3.8, 4) is 0 Å². The van der Waals surface area contributed by atoms with Gasteiger partial charge in [0.05, 0.1) is 4.90 Å². The van der Waals surface area contributed by atoms with Crippen LogP contribution in [0.5, 0.6) is 0 Å². The molecule has 29 heavy (non-hydrogen) atoms. The number of halogens is 1. The van der Waals surface area contributed by atoms with Crippen LogP contribution in [0.2, 0.25) is 0 Å². The molecule has 0 atom stereocenters. The molecule has 7 heteroatoms. The maximum atomic E-state index is 13.5. The summed E-state index contributed by atoms with van der Waals surface area (Å²) in [5.74, 6) is -0.889. The van der Waals surface area contributed by atoms with Crippen molar-refractivity contribution < 1.29 is 17.6 Å². The number of carbonyl (C=O) groups is 1. The van der Waals surface area contributed by atoms with E-state index in [0.29, 0.717) is 11.4 Å². The van der Waals surface area contributed by atoms with E-state index in [4.69, 9.17) is 0 Å². The molecule has 0 saturated carbocycles. The van der Waals surface area contributed by atoms with Gasteiger partial charge in [0.15, 0.2) is 0 Å². The van der Waals surface area contributed by atoms with Gasteiger partial charge in [-0.05, 0) is 74.6 Å². The summed E-state index contributed by atoms with van der Waals surface area (Å²) in [5.41, 5.74) is 2.06. The second kappa shape index (κ2) is 7.72. The number of anilines is 1. The van der Waals surface area contributed by atoms with Crippen molar-refractivity contribution in [2.45, 2.75) is 42.4 Å². The van der Waals surface area contributed by atoms with Gasteiger partial charge in [0.25, 0.3) is 5.91 Å². The highest BCUT2D eigenvalue weighted by Gasteiger charge is 2.31. The summed E-state index contributed by atoms with van der Waals surface area (Å²) in [4.78, 5) is 14.1. The number of fused-ring (bicyclic) bond motifs is 1. The fourth-order valence-electron chi connectivity index (χ4n) is 3.52. The molecule has 0 saturated heterocycles. The number of hydrogen-bond acceptors (Lipinski definition) is 4. The number of hydrogen-bond donors (Lipinski definition) is 1. The fraction of sp³-hybridized carbons (Fsp3) is 0.227. The van der Waals surface area contributed by atoms with Gasteiger partial charge in [0, 0.05) is 10.4 Å². The molecule has 1 heterocycles. The van der Waals surface area contributed by atoms with Gasteiger partial charge in [-0.1, -0.05) is 17.7 Å². The van der Waals surface area contributed by atoms with Crippen LogP contribution in [0.1, 0.15) is 39.2 Å². The normalized spacial score (nSPS) is 13.7. The van der Waals surface area contributed by atoms with Crippen LogP contribution in [-0.4, -0.2) is 14.3 Å². The van der Waals surface area contributed by atoms with Gasteiger partial charge in [-0.2, -0.15) is 0 Å². The molecule has 4 nitrogen and oxygen atoms in total. The van der Waals surface area contributed by atoms with Gasteiger partial charge in [0.2, 0.25) is 9.84 Å². The van der Waals surface area contributed by atoms with Crippen molar-refractivity contribution in [2.24, 2.45) is 0 Å². The second-order valence-electron chi connectivity index (χ2n) is 7.15. The molecule has 1 aliphatic carbocycles. The summed E-state index contributed by atoms with van der Waals surface area (Å²) in [7, 11) is -3.78. The molecular weight excluding hydrogens is 409 g/mol. The van der Waals surface area contributed by atoms with E-state index in [1.165, 1.54) is 35.6 Å². The smallest absolute Gasteiger partial charge is 0.256 e. The molecule has 1 amide bonds. The van der Waals surface area contributed by atoms with E-state index in [1.54, 1.807) is 24.3 Å². The number of sulfone groups is 1. The van der Waals surface area contributed by atoms with Crippen LogP contribution in [0.25, 0.3) is 0 Å². The Morgan fingerprint density at radius 1 is 1.00 bits per heavy atom. The van der Waals surface area contributed by atoms with Gasteiger partial charge in [-0.3, -0.25) is 4.79 Å². The van der Waals surface area contributed by atoms with E-state index in [-0.39, 0.29) is 15.4 Å². The number of rotatable bonds is 4. The van der Waals surface area contributed by atoms with Crippen molar-refractivity contribution in [3.05, 3.63) is 75.9 Å². The lowest BCUT2D eigenvalue weighted by Gasteiger charge is -2.14. The third-order valence-corrected chi connectivity index (χ3v) is 8.27. The zero-order valence-electron chi connectivity index (χ0n) is 15.9. The van der Waals surface area contributed by atoms with Crippen molar-refractivity contribution in [2.75, 3.05) is 5.32 Å². The molecule has 4 rings (SSSR count). The summed E-state index contributed by atoms with van der Waals surface area (Å²) in [6.45, 7) is 1.90. The molecule has 1 N–H and O–H groups in total. The third-order valence-electron chi connectivity index (χ3n) is 5.06. The summed E-state index contributed by atoms with van der Waals surface area (Å²) in [6.07, 6.45) is 3.41. The minimum Gasteiger partial charge on any atom is -0.312 e. The predicted octanol–water partition coefficient (Wildman–Crippen LogP) is 5.16. The van der Waals surface area contributed by atoms with Crippen LogP contribution in [0.3, 0.4) is 0 Å². The number of amides is 1. The first-order chi connectivity index (χ1) is 13.9. The van der Waals surface area contributed by atoms with Crippen LogP contribution in [0.4, 0.5) is 9.39 Å². The molecule has 0 bridgehead atoms. The molecule has 0 aliphatic heterocycles. The maximum absolute atomic E-state index is 13.5. The minimum atomic E-state index is -3.78. The number of aryl methyl sites for hydroxylation is 2. The summed E-state index contributed by atoms with van der Waals surface area (Å²) in [5, 5.41) is 3.11. The first-order valence-corrected chi connectivity index (χ1v) is 11.7. The maximum Gasteiger partial charge on any atom is 0.256 e. The topological polar surface area (TPSA) is 63.2 Å². The molecule has 0 radical (unpaired) electrons. The molecule has 2 aromatic carbocycles. The number of carbonyl (C=O) groups excluding carboxylic acids is 1. The molecule has 150 valence electrons. The van der Waals surface area contributed by atoms with Gasteiger partial charge in [-0.25, -0.2) is 12.8 Å². The lowest BCUT2D eigenvalue weighted by Crippen LogP contribution is -2.14. The molecule has 3 aromatic rings. The SMILES string of the molecule is Cc1ccc(S(=O)(=O)c2c(NC(=O)c3ccc(F)cc3)sc3c2CCCC3)cc1. The monoisotopic (exact) mass is 429 g/mol. The van der Waals surface area contributed by atoms with E-state index < -0.39 is 21.6 Å². The van der Waals surface area contributed by atoms with E-state index in [0.717, 1.165) is 35.3 Å². The summed E-state index contributed by atoms with van der Waals surface area (Å²) >= 11 is 1.33. The van der Waals surface area contributed by atoms with E-state index in [2.05, 4.69) is 5.32 Å². The highest BCUT2D eigenvalue weighted by molar-refractivity contribution is 7.92. The van der Waals surface area contributed by atoms with Gasteiger partial charge in [-0.15, -0.1) is 11.3 Å². The summed E-state index contributed by atoms with van der Waals surface area (Å²) < 4.78 is 40.1. The Kier molecular flexibility index (Phi) is 5.27. The van der Waals surface area contributed by atoms with Crippen molar-refractivity contribution >= 4 is 32.1 Å². The van der Waals surface area contributed by atoms with Crippen LogP contribution in [-0.2, 0) is 22.7 Å². The quantitative estimate of drug-likeness (QED) is 0.623. The Labute approximate surface area is 173 Å². The average molecular weight is 430 g/mol. The zero-order valence-corrected chi connectivity index (χ0v) is 17.5. The first kappa shape index (κ1) is 19.8. The minimum absolute atomic E-state index is 0.205. The van der Waals surface area contributed by atoms with Crippen molar-refractivity contribution in [3.63, 3.8) is 0 Å². The lowest BCUT2D eigenvalue weighted by atomic mass is 9.99. The molecule has 0 unspecified atom stereocenters. The van der Waals surface area contributed by atoms with Gasteiger partial charge >= 0.3 is 0 Å². The van der Waals surface area contributed by atoms with Crippen LogP contribution >= 0.6 is 11.3 Å². The van der Waals surface area contributed by atoms with Gasteiger partial charge in [0.1, 0.15) is 15.7 Å². The number of thiophene rings is 1. The molecule has 1 aliphatic rings. The van der Waals surface area contributed by atoms with Gasteiger partial charge < -0.3 is 5.32 Å². The molecular formula is C22H20FNO3S2. The second-order valence-corrected chi connectivity index (χ2v) is 10.1.